The average molecular weight is 508 g/mol. The topological polar surface area (TPSA) is 92.7 Å². The first-order valence-electron chi connectivity index (χ1n) is 10.8. The van der Waals surface area contributed by atoms with Gasteiger partial charge in [-0.05, 0) is 42.8 Å². The molecule has 0 bridgehead atoms. The van der Waals surface area contributed by atoms with Crippen LogP contribution in [0.25, 0.3) is 10.9 Å². The smallest absolute Gasteiger partial charge is 0.392 e. The summed E-state index contributed by atoms with van der Waals surface area (Å²) in [4.78, 5) is 17.4. The molecule has 3 aromatic rings. The number of alkyl halides is 3. The highest BCUT2D eigenvalue weighted by Crippen LogP contribution is 2.27. The molecule has 0 radical (unpaired) electrons. The molecule has 0 spiro atoms. The van der Waals surface area contributed by atoms with Crippen LogP contribution < -0.4 is 20.3 Å². The van der Waals surface area contributed by atoms with E-state index < -0.39 is 25.1 Å². The summed E-state index contributed by atoms with van der Waals surface area (Å²) >= 11 is 4.95. The molecule has 1 atom stereocenters. The maximum atomic E-state index is 12.9. The van der Waals surface area contributed by atoms with E-state index in [0.29, 0.717) is 28.6 Å². The van der Waals surface area contributed by atoms with Crippen LogP contribution in [0.15, 0.2) is 54.6 Å². The Kier molecular flexibility index (Phi) is 8.83. The van der Waals surface area contributed by atoms with E-state index in [0.717, 1.165) is 0 Å². The van der Waals surface area contributed by atoms with E-state index in [4.69, 9.17) is 26.9 Å². The summed E-state index contributed by atoms with van der Waals surface area (Å²) in [6.45, 7) is 1.48. The van der Waals surface area contributed by atoms with Gasteiger partial charge in [0.15, 0.2) is 0 Å². The van der Waals surface area contributed by atoms with E-state index in [1.54, 1.807) is 48.5 Å². The maximum absolute atomic E-state index is 12.9. The molecule has 0 aliphatic heterocycles. The molecular formula is C24H24F3N3O4S. The fraction of sp³-hybridized carbons (Fsp3) is 0.292. The lowest BCUT2D eigenvalue weighted by Gasteiger charge is -2.18. The lowest BCUT2D eigenvalue weighted by Crippen LogP contribution is -2.39. The SMILES string of the molecule is CC[C@@H](COc1ccc(C(=S)NO)cc1)NC(=O)c1cc(OCCC(F)(F)F)c2ccccc2n1. The fourth-order valence-electron chi connectivity index (χ4n) is 3.14. The zero-order valence-corrected chi connectivity index (χ0v) is 19.6. The third-order valence-corrected chi connectivity index (χ3v) is 5.38. The molecule has 0 saturated heterocycles. The Hall–Kier alpha value is -3.44. The predicted octanol–water partition coefficient (Wildman–Crippen LogP) is 4.81. The average Bonchev–Trinajstić information content (AvgIpc) is 2.85. The zero-order valence-electron chi connectivity index (χ0n) is 18.8. The molecule has 1 heterocycles. The minimum absolute atomic E-state index is 0.0264. The van der Waals surface area contributed by atoms with Crippen LogP contribution in [0.4, 0.5) is 13.2 Å². The van der Waals surface area contributed by atoms with Crippen molar-refractivity contribution in [3.8, 4) is 11.5 Å². The number of pyridine rings is 1. The van der Waals surface area contributed by atoms with Crippen molar-refractivity contribution in [2.24, 2.45) is 0 Å². The Morgan fingerprint density at radius 2 is 1.86 bits per heavy atom. The van der Waals surface area contributed by atoms with Gasteiger partial charge in [-0.15, -0.1) is 0 Å². The molecule has 11 heteroatoms. The van der Waals surface area contributed by atoms with Crippen molar-refractivity contribution in [3.63, 3.8) is 0 Å². The summed E-state index contributed by atoms with van der Waals surface area (Å²) in [5.74, 6) is 0.206. The van der Waals surface area contributed by atoms with Crippen LogP contribution in [-0.4, -0.2) is 46.5 Å². The standard InChI is InChI=1S/C24H24F3N3O4S/c1-2-16(14-34-17-9-7-15(8-10-17)23(35)30-32)28-22(31)20-13-21(33-12-11-24(25,26)27)18-5-3-4-6-19(18)29-20/h3-10,13,16,32H,2,11-12,14H2,1H3,(H,28,31)(H,30,35)/t16-/m0/s1. The summed E-state index contributed by atoms with van der Waals surface area (Å²) in [6, 6.07) is 14.5. The van der Waals surface area contributed by atoms with Crippen molar-refractivity contribution in [2.45, 2.75) is 32.0 Å². The third kappa shape index (κ3) is 7.52. The van der Waals surface area contributed by atoms with Crippen LogP contribution in [0.1, 0.15) is 35.8 Å². The van der Waals surface area contributed by atoms with Gasteiger partial charge in [0.1, 0.15) is 28.8 Å². The Morgan fingerprint density at radius 1 is 1.14 bits per heavy atom. The number of nitrogens with one attached hydrogen (secondary N) is 2. The molecule has 0 fully saturated rings. The largest absolute Gasteiger partial charge is 0.492 e. The van der Waals surface area contributed by atoms with Crippen LogP contribution in [0.3, 0.4) is 0 Å². The van der Waals surface area contributed by atoms with Crippen molar-refractivity contribution in [2.75, 3.05) is 13.2 Å². The normalized spacial score (nSPS) is 12.1. The molecule has 0 aliphatic rings. The first kappa shape index (κ1) is 26.2. The molecule has 7 nitrogen and oxygen atoms in total. The molecule has 0 unspecified atom stereocenters. The summed E-state index contributed by atoms with van der Waals surface area (Å²) in [7, 11) is 0. The number of ether oxygens (including phenoxy) is 2. The summed E-state index contributed by atoms with van der Waals surface area (Å²) in [5.41, 5.74) is 2.98. The second-order valence-electron chi connectivity index (χ2n) is 7.59. The summed E-state index contributed by atoms with van der Waals surface area (Å²) in [5, 5.41) is 12.2. The number of halogens is 3. The number of para-hydroxylation sites is 1. The first-order valence-corrected chi connectivity index (χ1v) is 11.2. The van der Waals surface area contributed by atoms with Gasteiger partial charge in [0, 0.05) is 17.0 Å². The number of nitrogens with zero attached hydrogens (tertiary/aromatic N) is 1. The van der Waals surface area contributed by atoms with Crippen molar-refractivity contribution in [1.82, 2.24) is 15.8 Å². The van der Waals surface area contributed by atoms with Crippen molar-refractivity contribution < 1.29 is 32.6 Å². The summed E-state index contributed by atoms with van der Waals surface area (Å²) in [6.07, 6.45) is -4.89. The van der Waals surface area contributed by atoms with Crippen LogP contribution in [-0.2, 0) is 0 Å². The highest BCUT2D eigenvalue weighted by atomic mass is 32.1. The van der Waals surface area contributed by atoms with Gasteiger partial charge >= 0.3 is 6.18 Å². The highest BCUT2D eigenvalue weighted by molar-refractivity contribution is 7.80. The maximum Gasteiger partial charge on any atom is 0.392 e. The van der Waals surface area contributed by atoms with Gasteiger partial charge < -0.3 is 14.8 Å². The monoisotopic (exact) mass is 507 g/mol. The van der Waals surface area contributed by atoms with Gasteiger partial charge in [0.2, 0.25) is 0 Å². The third-order valence-electron chi connectivity index (χ3n) is 5.05. The number of hydrogen-bond donors (Lipinski definition) is 3. The predicted molar refractivity (Wildman–Crippen MR) is 128 cm³/mol. The van der Waals surface area contributed by atoms with Crippen molar-refractivity contribution in [3.05, 3.63) is 65.9 Å². The molecule has 2 aromatic carbocycles. The van der Waals surface area contributed by atoms with Gasteiger partial charge in [-0.25, -0.2) is 4.98 Å². The number of carbonyl (C=O) groups excluding carboxylic acids is 1. The minimum Gasteiger partial charge on any atom is -0.492 e. The first-order chi connectivity index (χ1) is 16.7. The van der Waals surface area contributed by atoms with Gasteiger partial charge in [-0.1, -0.05) is 31.3 Å². The lowest BCUT2D eigenvalue weighted by atomic mass is 10.1. The van der Waals surface area contributed by atoms with Crippen LogP contribution in [0, 0.1) is 0 Å². The number of fused-ring (bicyclic) bond motifs is 1. The van der Waals surface area contributed by atoms with Gasteiger partial charge in [0.05, 0.1) is 24.6 Å². The lowest BCUT2D eigenvalue weighted by molar-refractivity contribution is -0.139. The molecule has 186 valence electrons. The number of hydrogen-bond acceptors (Lipinski definition) is 6. The number of rotatable bonds is 10. The van der Waals surface area contributed by atoms with E-state index in [9.17, 15) is 18.0 Å². The Bertz CT molecular complexity index is 1170. The van der Waals surface area contributed by atoms with Crippen LogP contribution >= 0.6 is 12.2 Å². The molecular weight excluding hydrogens is 483 g/mol. The Morgan fingerprint density at radius 3 is 2.51 bits per heavy atom. The Labute approximate surface area is 205 Å². The van der Waals surface area contributed by atoms with Crippen LogP contribution in [0.2, 0.25) is 0 Å². The van der Waals surface area contributed by atoms with Gasteiger partial charge in [-0.3, -0.25) is 15.5 Å². The number of thiocarbonyl (C=S) groups is 1. The van der Waals surface area contributed by atoms with E-state index in [1.807, 2.05) is 12.4 Å². The molecule has 0 aliphatic carbocycles. The number of carbonyl (C=O) groups is 1. The molecule has 0 saturated carbocycles. The number of aromatic nitrogens is 1. The van der Waals surface area contributed by atoms with E-state index in [-0.39, 0.29) is 29.1 Å². The quantitative estimate of drug-likeness (QED) is 0.268. The molecule has 35 heavy (non-hydrogen) atoms. The van der Waals surface area contributed by atoms with Crippen LogP contribution in [0.5, 0.6) is 11.5 Å². The number of benzene rings is 2. The van der Waals surface area contributed by atoms with E-state index >= 15 is 0 Å². The Balaban J connectivity index is 1.68. The molecule has 1 amide bonds. The van der Waals surface area contributed by atoms with E-state index in [2.05, 4.69) is 10.3 Å². The number of hydroxylamine groups is 1. The van der Waals surface area contributed by atoms with E-state index in [1.165, 1.54) is 6.07 Å². The van der Waals surface area contributed by atoms with Crippen molar-refractivity contribution in [1.29, 1.82) is 0 Å². The van der Waals surface area contributed by atoms with Crippen molar-refractivity contribution >= 4 is 34.0 Å². The number of amides is 1. The molecule has 3 N–H and O–H groups in total. The second-order valence-corrected chi connectivity index (χ2v) is 8.00. The molecule has 3 rings (SSSR count). The minimum atomic E-state index is -4.35. The van der Waals surface area contributed by atoms with Gasteiger partial charge in [0.25, 0.3) is 5.91 Å². The zero-order chi connectivity index (χ0) is 25.4. The second kappa shape index (κ2) is 11.8. The van der Waals surface area contributed by atoms with Gasteiger partial charge in [-0.2, -0.15) is 13.2 Å². The summed E-state index contributed by atoms with van der Waals surface area (Å²) < 4.78 is 48.7. The fourth-order valence-corrected chi connectivity index (χ4v) is 3.28. The highest BCUT2D eigenvalue weighted by Gasteiger charge is 2.27. The molecule has 1 aromatic heterocycles.